The van der Waals surface area contributed by atoms with Gasteiger partial charge in [0.2, 0.25) is 11.8 Å². The molecule has 2 atom stereocenters. The van der Waals surface area contributed by atoms with Crippen LogP contribution in [0.3, 0.4) is 0 Å². The lowest BCUT2D eigenvalue weighted by Gasteiger charge is -2.50. The number of hydrogen-bond donors (Lipinski definition) is 2. The van der Waals surface area contributed by atoms with Gasteiger partial charge in [-0.3, -0.25) is 24.8 Å². The van der Waals surface area contributed by atoms with E-state index in [1.165, 1.54) is 0 Å². The van der Waals surface area contributed by atoms with Crippen molar-refractivity contribution in [2.45, 2.75) is 69.4 Å². The molecule has 2 N–H and O–H groups in total. The number of carbonyl (C=O) groups excluding carboxylic acids is 2. The molecule has 3 heterocycles. The van der Waals surface area contributed by atoms with Crippen molar-refractivity contribution in [1.29, 1.82) is 5.26 Å². The van der Waals surface area contributed by atoms with Crippen molar-refractivity contribution in [3.05, 3.63) is 76.7 Å². The Morgan fingerprint density at radius 1 is 1.15 bits per heavy atom. The highest BCUT2D eigenvalue weighted by Crippen LogP contribution is 2.49. The molecular formula is C32H33FN4O3. The maximum atomic E-state index is 16.2. The van der Waals surface area contributed by atoms with Crippen LogP contribution in [0.2, 0.25) is 0 Å². The quantitative estimate of drug-likeness (QED) is 0.460. The van der Waals surface area contributed by atoms with Crippen molar-refractivity contribution < 1.29 is 19.1 Å². The van der Waals surface area contributed by atoms with Gasteiger partial charge >= 0.3 is 0 Å². The summed E-state index contributed by atoms with van der Waals surface area (Å²) in [4.78, 5) is 30.6. The van der Waals surface area contributed by atoms with Crippen LogP contribution in [-0.2, 0) is 27.1 Å². The summed E-state index contributed by atoms with van der Waals surface area (Å²) in [6.45, 7) is 5.80. The van der Waals surface area contributed by atoms with Crippen molar-refractivity contribution in [2.75, 3.05) is 13.1 Å². The molecule has 3 fully saturated rings. The first-order chi connectivity index (χ1) is 19.0. The predicted octanol–water partition coefficient (Wildman–Crippen LogP) is 4.57. The third kappa shape index (κ3) is 4.38. The number of hydrogen-bond acceptors (Lipinski definition) is 6. The van der Waals surface area contributed by atoms with Crippen LogP contribution in [0, 0.1) is 22.6 Å². The van der Waals surface area contributed by atoms with E-state index in [9.17, 15) is 20.0 Å². The lowest BCUT2D eigenvalue weighted by Crippen LogP contribution is -2.55. The molecule has 0 radical (unpaired) electrons. The molecule has 3 aromatic rings. The third-order valence-corrected chi connectivity index (χ3v) is 9.31. The number of benzene rings is 2. The zero-order chi connectivity index (χ0) is 28.3. The van der Waals surface area contributed by atoms with E-state index in [-0.39, 0.29) is 28.7 Å². The topological polar surface area (TPSA) is 106 Å². The number of halogens is 1. The summed E-state index contributed by atoms with van der Waals surface area (Å²) in [7, 11) is 0. The Labute approximate surface area is 233 Å². The fraction of sp³-hybridized carbons (Fsp3) is 0.438. The average molecular weight is 541 g/mol. The lowest BCUT2D eigenvalue weighted by molar-refractivity contribution is -0.134. The standard InChI is InChI=1S/C32H33FN4O3/c1-30(2)19-37(17-20-3-5-22(6-4-20)31(18-34)11-12-31)14-13-32(30,40)25-8-9-26-24(28(25)33)15-21(16-35-26)23-7-10-27(38)36-29(23)39/h3-6,8-9,15-16,23,40H,7,10-14,17,19H2,1-2H3,(H,36,38,39)/t23-,32+/m1/s1. The van der Waals surface area contributed by atoms with Gasteiger partial charge in [0.25, 0.3) is 0 Å². The Morgan fingerprint density at radius 2 is 1.90 bits per heavy atom. The number of imide groups is 1. The highest BCUT2D eigenvalue weighted by atomic mass is 19.1. The van der Waals surface area contributed by atoms with Crippen LogP contribution in [0.15, 0.2) is 48.7 Å². The summed E-state index contributed by atoms with van der Waals surface area (Å²) in [5.74, 6) is -1.79. The van der Waals surface area contributed by atoms with Crippen molar-refractivity contribution in [1.82, 2.24) is 15.2 Å². The molecule has 0 spiro atoms. The number of nitriles is 1. The van der Waals surface area contributed by atoms with Crippen LogP contribution < -0.4 is 5.32 Å². The van der Waals surface area contributed by atoms with E-state index >= 15 is 4.39 Å². The molecule has 0 bridgehead atoms. The van der Waals surface area contributed by atoms with Crippen molar-refractivity contribution in [3.63, 3.8) is 0 Å². The number of nitrogens with zero attached hydrogens (tertiary/aromatic N) is 3. The van der Waals surface area contributed by atoms with Crippen LogP contribution in [0.4, 0.5) is 4.39 Å². The Morgan fingerprint density at radius 3 is 2.55 bits per heavy atom. The van der Waals surface area contributed by atoms with E-state index < -0.39 is 28.7 Å². The van der Waals surface area contributed by atoms with Gasteiger partial charge in [-0.25, -0.2) is 4.39 Å². The Hall–Kier alpha value is -3.67. The maximum absolute atomic E-state index is 16.2. The molecular weight excluding hydrogens is 507 g/mol. The molecule has 1 saturated carbocycles. The van der Waals surface area contributed by atoms with Gasteiger partial charge in [-0.1, -0.05) is 44.2 Å². The van der Waals surface area contributed by atoms with Gasteiger partial charge in [-0.05, 0) is 54.5 Å². The molecule has 2 aliphatic heterocycles. The molecule has 1 aromatic heterocycles. The molecule has 0 unspecified atom stereocenters. The number of pyridine rings is 1. The predicted molar refractivity (Wildman–Crippen MR) is 147 cm³/mol. The summed E-state index contributed by atoms with van der Waals surface area (Å²) < 4.78 is 16.2. The van der Waals surface area contributed by atoms with E-state index in [1.807, 2.05) is 13.8 Å². The number of piperidine rings is 2. The van der Waals surface area contributed by atoms with E-state index in [1.54, 1.807) is 24.4 Å². The number of rotatable bonds is 5. The second-order valence-corrected chi connectivity index (χ2v) is 12.4. The second kappa shape index (κ2) is 9.46. The van der Waals surface area contributed by atoms with Crippen LogP contribution in [0.5, 0.6) is 0 Å². The van der Waals surface area contributed by atoms with Gasteiger partial charge in [-0.15, -0.1) is 0 Å². The molecule has 2 aromatic carbocycles. The normalized spacial score (nSPS) is 25.8. The van der Waals surface area contributed by atoms with Crippen LogP contribution in [0.25, 0.3) is 10.9 Å². The summed E-state index contributed by atoms with van der Waals surface area (Å²) in [6, 6.07) is 15.7. The van der Waals surface area contributed by atoms with E-state index in [4.69, 9.17) is 0 Å². The molecule has 1 aliphatic carbocycles. The molecule has 206 valence electrons. The van der Waals surface area contributed by atoms with Gasteiger partial charge in [-0.2, -0.15) is 5.26 Å². The summed E-state index contributed by atoms with van der Waals surface area (Å²) in [6.07, 6.45) is 4.34. The number of aromatic nitrogens is 1. The van der Waals surface area contributed by atoms with E-state index in [0.29, 0.717) is 43.6 Å². The summed E-state index contributed by atoms with van der Waals surface area (Å²) in [5, 5.41) is 24.1. The molecule has 3 aliphatic rings. The van der Waals surface area contributed by atoms with Gasteiger partial charge < -0.3 is 5.11 Å². The van der Waals surface area contributed by atoms with Gasteiger partial charge in [0.1, 0.15) is 5.82 Å². The zero-order valence-electron chi connectivity index (χ0n) is 22.8. The lowest BCUT2D eigenvalue weighted by atomic mass is 9.66. The summed E-state index contributed by atoms with van der Waals surface area (Å²) >= 11 is 0. The molecule has 40 heavy (non-hydrogen) atoms. The number of nitrogens with one attached hydrogen (secondary N) is 1. The average Bonchev–Trinajstić information content (AvgIpc) is 3.73. The van der Waals surface area contributed by atoms with Crippen molar-refractivity contribution >= 4 is 22.7 Å². The maximum Gasteiger partial charge on any atom is 0.234 e. The first kappa shape index (κ1) is 26.5. The van der Waals surface area contributed by atoms with Gasteiger partial charge in [0.05, 0.1) is 28.5 Å². The van der Waals surface area contributed by atoms with Gasteiger partial charge in [0.15, 0.2) is 0 Å². The number of carbonyl (C=O) groups is 2. The largest absolute Gasteiger partial charge is 0.384 e. The van der Waals surface area contributed by atoms with Crippen molar-refractivity contribution in [2.24, 2.45) is 5.41 Å². The number of aliphatic hydroxyl groups is 1. The van der Waals surface area contributed by atoms with Crippen LogP contribution in [0.1, 0.15) is 74.1 Å². The number of fused-ring (bicyclic) bond motifs is 1. The highest BCUT2D eigenvalue weighted by Gasteiger charge is 2.50. The second-order valence-electron chi connectivity index (χ2n) is 12.4. The molecule has 2 amide bonds. The van der Waals surface area contributed by atoms with E-state index in [2.05, 4.69) is 45.5 Å². The molecule has 2 saturated heterocycles. The zero-order valence-corrected chi connectivity index (χ0v) is 22.8. The molecule has 7 nitrogen and oxygen atoms in total. The monoisotopic (exact) mass is 540 g/mol. The highest BCUT2D eigenvalue weighted by molar-refractivity contribution is 6.01. The molecule has 8 heteroatoms. The first-order valence-electron chi connectivity index (χ1n) is 13.9. The van der Waals surface area contributed by atoms with E-state index in [0.717, 1.165) is 24.0 Å². The van der Waals surface area contributed by atoms with Crippen LogP contribution in [-0.4, -0.2) is 39.9 Å². The third-order valence-electron chi connectivity index (χ3n) is 9.31. The Bertz CT molecular complexity index is 1560. The van der Waals surface area contributed by atoms with Crippen molar-refractivity contribution in [3.8, 4) is 6.07 Å². The Balaban J connectivity index is 1.23. The Kier molecular flexibility index (Phi) is 6.28. The summed E-state index contributed by atoms with van der Waals surface area (Å²) in [5.41, 5.74) is 1.10. The van der Waals surface area contributed by atoms with Gasteiger partial charge in [0, 0.05) is 48.6 Å². The minimum absolute atomic E-state index is 0.228. The smallest absolute Gasteiger partial charge is 0.234 e. The SMILES string of the molecule is CC1(C)CN(Cc2ccc(C3(C#N)CC3)cc2)CC[C@]1(O)c1ccc2ncc([C@H]3CCC(=O)NC3=O)cc2c1F. The first-order valence-corrected chi connectivity index (χ1v) is 13.9. The number of likely N-dealkylation sites (tertiary alicyclic amines) is 1. The minimum Gasteiger partial charge on any atom is -0.384 e. The minimum atomic E-state index is -1.40. The fourth-order valence-electron chi connectivity index (χ4n) is 6.54. The number of amides is 2. The molecule has 6 rings (SSSR count). The fourth-order valence-corrected chi connectivity index (χ4v) is 6.54. The van der Waals surface area contributed by atoms with Crippen LogP contribution >= 0.6 is 0 Å².